The summed E-state index contributed by atoms with van der Waals surface area (Å²) in [5, 5.41) is 5.22. The highest BCUT2D eigenvalue weighted by Crippen LogP contribution is 2.47. The number of rotatable bonds is 10. The molecule has 70 heavy (non-hydrogen) atoms. The summed E-state index contributed by atoms with van der Waals surface area (Å²) in [6, 6.07) is 92.9. The second kappa shape index (κ2) is 17.6. The summed E-state index contributed by atoms with van der Waals surface area (Å²) in [6.45, 7) is 0. The lowest BCUT2D eigenvalue weighted by atomic mass is 9.84. The summed E-state index contributed by atoms with van der Waals surface area (Å²) in [7, 11) is 0. The SMILES string of the molecule is C1=C(c2c3ccccc3c(C3=Cc4ccccc4C3)c3cc(-c4ccc(N(c5ccc(-c6ccccc6)cc5)c5ccc(N(c6ccccc6)c6ccccc6)cc5)cc4)ccc23)Cc2ccccc21. The van der Waals surface area contributed by atoms with Gasteiger partial charge >= 0.3 is 0 Å². The number of benzene rings is 11. The fourth-order valence-corrected chi connectivity index (χ4v) is 11.0. The lowest BCUT2D eigenvalue weighted by Gasteiger charge is -2.28. The van der Waals surface area contributed by atoms with Gasteiger partial charge in [0.15, 0.2) is 0 Å². The Balaban J connectivity index is 0.922. The molecule has 0 N–H and O–H groups in total. The summed E-state index contributed by atoms with van der Waals surface area (Å²) in [4.78, 5) is 4.68. The van der Waals surface area contributed by atoms with Gasteiger partial charge in [0.25, 0.3) is 0 Å². The molecule has 2 nitrogen and oxygen atoms in total. The third-order valence-corrected chi connectivity index (χ3v) is 14.3. The van der Waals surface area contributed by atoms with E-state index in [1.807, 2.05) is 0 Å². The number of allylic oxidation sites excluding steroid dienone is 2. The van der Waals surface area contributed by atoms with E-state index in [1.54, 1.807) is 0 Å². The van der Waals surface area contributed by atoms with Crippen LogP contribution in [0.15, 0.2) is 255 Å². The molecule has 11 aromatic rings. The van der Waals surface area contributed by atoms with Gasteiger partial charge in [0.2, 0.25) is 0 Å². The third kappa shape index (κ3) is 7.48. The van der Waals surface area contributed by atoms with E-state index in [-0.39, 0.29) is 0 Å². The first-order chi connectivity index (χ1) is 34.7. The van der Waals surface area contributed by atoms with Gasteiger partial charge in [-0.1, -0.05) is 188 Å². The van der Waals surface area contributed by atoms with Crippen molar-refractivity contribution in [2.75, 3.05) is 9.80 Å². The molecule has 0 aliphatic heterocycles. The van der Waals surface area contributed by atoms with Crippen LogP contribution in [0.5, 0.6) is 0 Å². The first kappa shape index (κ1) is 41.2. The van der Waals surface area contributed by atoms with Crippen LogP contribution < -0.4 is 9.80 Å². The van der Waals surface area contributed by atoms with Crippen molar-refractivity contribution in [1.82, 2.24) is 0 Å². The Hall–Kier alpha value is -8.98. The average Bonchev–Trinajstić information content (AvgIpc) is 4.07. The van der Waals surface area contributed by atoms with Crippen molar-refractivity contribution in [3.05, 3.63) is 288 Å². The van der Waals surface area contributed by atoms with Crippen molar-refractivity contribution < 1.29 is 0 Å². The molecular weight excluding hydrogens is 845 g/mol. The second-order valence-electron chi connectivity index (χ2n) is 18.5. The molecule has 330 valence electrons. The van der Waals surface area contributed by atoms with E-state index in [0.717, 1.165) is 47.0 Å². The van der Waals surface area contributed by atoms with E-state index in [1.165, 1.54) is 88.3 Å². The lowest BCUT2D eigenvalue weighted by molar-refractivity contribution is 1.26. The van der Waals surface area contributed by atoms with Crippen LogP contribution in [0.1, 0.15) is 33.4 Å². The van der Waals surface area contributed by atoms with E-state index < -0.39 is 0 Å². The maximum absolute atomic E-state index is 2.46. The maximum Gasteiger partial charge on any atom is 0.0463 e. The third-order valence-electron chi connectivity index (χ3n) is 14.3. The zero-order valence-electron chi connectivity index (χ0n) is 38.7. The van der Waals surface area contributed by atoms with Crippen LogP contribution in [0.4, 0.5) is 34.1 Å². The minimum Gasteiger partial charge on any atom is -0.311 e. The van der Waals surface area contributed by atoms with Gasteiger partial charge in [0, 0.05) is 34.1 Å². The molecule has 0 unspecified atom stereocenters. The first-order valence-corrected chi connectivity index (χ1v) is 24.3. The molecule has 0 spiro atoms. The maximum atomic E-state index is 2.46. The van der Waals surface area contributed by atoms with Crippen LogP contribution in [0.2, 0.25) is 0 Å². The molecule has 2 aliphatic rings. The summed E-state index contributed by atoms with van der Waals surface area (Å²) >= 11 is 0. The molecule has 0 fully saturated rings. The number of hydrogen-bond donors (Lipinski definition) is 0. The Bertz CT molecular complexity index is 3740. The number of hydrogen-bond acceptors (Lipinski definition) is 2. The van der Waals surface area contributed by atoms with Gasteiger partial charge in [-0.3, -0.25) is 0 Å². The smallest absolute Gasteiger partial charge is 0.0463 e. The molecule has 2 heteroatoms. The van der Waals surface area contributed by atoms with E-state index in [9.17, 15) is 0 Å². The van der Waals surface area contributed by atoms with Crippen molar-refractivity contribution in [3.8, 4) is 22.3 Å². The Morgan fingerprint density at radius 3 is 1.04 bits per heavy atom. The zero-order valence-corrected chi connectivity index (χ0v) is 38.7. The highest BCUT2D eigenvalue weighted by atomic mass is 15.2. The Morgan fingerprint density at radius 2 is 0.571 bits per heavy atom. The molecule has 11 aromatic carbocycles. The van der Waals surface area contributed by atoms with Gasteiger partial charge < -0.3 is 9.80 Å². The highest BCUT2D eigenvalue weighted by Gasteiger charge is 2.25. The molecule has 0 heterocycles. The molecule has 0 aromatic heterocycles. The Kier molecular flexibility index (Phi) is 10.4. The number of nitrogens with zero attached hydrogens (tertiary/aromatic N) is 2. The monoisotopic (exact) mass is 892 g/mol. The molecule has 0 amide bonds. The zero-order chi connectivity index (χ0) is 46.4. The molecule has 0 radical (unpaired) electrons. The molecule has 0 bridgehead atoms. The normalized spacial score (nSPS) is 12.6. The van der Waals surface area contributed by atoms with Gasteiger partial charge in [-0.15, -0.1) is 0 Å². The van der Waals surface area contributed by atoms with Gasteiger partial charge in [0.1, 0.15) is 0 Å². The quantitative estimate of drug-likeness (QED) is 0.126. The van der Waals surface area contributed by atoms with Crippen molar-refractivity contribution in [1.29, 1.82) is 0 Å². The summed E-state index contributed by atoms with van der Waals surface area (Å²) < 4.78 is 0. The van der Waals surface area contributed by atoms with E-state index >= 15 is 0 Å². The summed E-state index contributed by atoms with van der Waals surface area (Å²) in [5.41, 5.74) is 22.2. The lowest BCUT2D eigenvalue weighted by Crippen LogP contribution is -2.12. The first-order valence-electron chi connectivity index (χ1n) is 24.3. The standard InChI is InChI=1S/C68H48N2/c1-4-16-47(17-5-1)48-28-33-59(34-29-48)70(62-39-37-61(38-40-62)69(57-22-6-2-7-23-57)58-24-8-3-9-25-58)60-35-30-49(31-36-60)54-32-41-65-66(46-54)68(56-44-52-20-12-13-21-53(52)45-56)64-27-15-14-26-63(64)67(65)55-42-50-18-10-11-19-51(50)43-55/h1-42,44,46H,43,45H2. The number of para-hydroxylation sites is 2. The van der Waals surface area contributed by atoms with Crippen LogP contribution in [0.25, 0.3) is 67.1 Å². The van der Waals surface area contributed by atoms with E-state index in [4.69, 9.17) is 0 Å². The van der Waals surface area contributed by atoms with Crippen LogP contribution in [-0.4, -0.2) is 0 Å². The second-order valence-corrected chi connectivity index (χ2v) is 18.5. The highest BCUT2D eigenvalue weighted by molar-refractivity contribution is 6.20. The molecule has 0 saturated heterocycles. The van der Waals surface area contributed by atoms with Gasteiger partial charge in [-0.2, -0.15) is 0 Å². The largest absolute Gasteiger partial charge is 0.311 e. The van der Waals surface area contributed by atoms with Crippen LogP contribution in [0, 0.1) is 0 Å². The number of fused-ring (bicyclic) bond motifs is 4. The van der Waals surface area contributed by atoms with Crippen LogP contribution in [0.3, 0.4) is 0 Å². The molecule has 13 rings (SSSR count). The molecular formula is C68H48N2. The van der Waals surface area contributed by atoms with Crippen molar-refractivity contribution >= 4 is 79.0 Å². The molecule has 2 aliphatic carbocycles. The summed E-state index contributed by atoms with van der Waals surface area (Å²) in [5.74, 6) is 0. The predicted molar refractivity (Wildman–Crippen MR) is 298 cm³/mol. The average molecular weight is 893 g/mol. The van der Waals surface area contributed by atoms with Gasteiger partial charge in [-0.25, -0.2) is 0 Å². The molecule has 0 saturated carbocycles. The van der Waals surface area contributed by atoms with Crippen LogP contribution in [-0.2, 0) is 12.8 Å². The van der Waals surface area contributed by atoms with E-state index in [0.29, 0.717) is 0 Å². The predicted octanol–water partition coefficient (Wildman–Crippen LogP) is 18.5. The fourth-order valence-electron chi connectivity index (χ4n) is 11.0. The van der Waals surface area contributed by atoms with Crippen molar-refractivity contribution in [2.45, 2.75) is 12.8 Å². The fraction of sp³-hybridized carbons (Fsp3) is 0.0294. The molecule has 0 atom stereocenters. The Labute approximate surface area is 410 Å². The van der Waals surface area contributed by atoms with E-state index in [2.05, 4.69) is 277 Å². The number of anilines is 6. The Morgan fingerprint density at radius 1 is 0.243 bits per heavy atom. The minimum absolute atomic E-state index is 0.918. The summed E-state index contributed by atoms with van der Waals surface area (Å²) in [6.07, 6.45) is 6.70. The van der Waals surface area contributed by atoms with Crippen LogP contribution >= 0.6 is 0 Å². The van der Waals surface area contributed by atoms with Crippen molar-refractivity contribution in [2.24, 2.45) is 0 Å². The topological polar surface area (TPSA) is 6.48 Å². The van der Waals surface area contributed by atoms with Gasteiger partial charge in [0.05, 0.1) is 0 Å². The minimum atomic E-state index is 0.918. The van der Waals surface area contributed by atoms with Crippen molar-refractivity contribution in [3.63, 3.8) is 0 Å². The van der Waals surface area contributed by atoms with Gasteiger partial charge in [-0.05, 0) is 180 Å².